The quantitative estimate of drug-likeness (QED) is 0.720. The van der Waals surface area contributed by atoms with Gasteiger partial charge < -0.3 is 15.3 Å². The molecule has 0 atom stereocenters. The Hall–Kier alpha value is -2.22. The van der Waals surface area contributed by atoms with Gasteiger partial charge in [-0.25, -0.2) is 0 Å². The number of nitrogens with one attached hydrogen (secondary N) is 1. The number of hydrogen-bond acceptors (Lipinski definition) is 3. The summed E-state index contributed by atoms with van der Waals surface area (Å²) < 4.78 is 39.8. The summed E-state index contributed by atoms with van der Waals surface area (Å²) in [6.07, 6.45) is -2.62. The van der Waals surface area contributed by atoms with Crippen LogP contribution in [0.15, 0.2) is 40.9 Å². The smallest absolute Gasteiger partial charge is 0.416 e. The molecular weight excluding hydrogens is 413 g/mol. The SMILES string of the molecule is O=C(Nc1cc(C(F)(F)F)ccc1N1CCCC1)c1cc(Br)ccc1O. The largest absolute Gasteiger partial charge is 0.507 e. The topological polar surface area (TPSA) is 52.6 Å². The molecule has 0 aliphatic carbocycles. The summed E-state index contributed by atoms with van der Waals surface area (Å²) in [6.45, 7) is 1.44. The molecular formula is C18H16BrF3N2O2. The van der Waals surface area contributed by atoms with Crippen molar-refractivity contribution in [3.63, 3.8) is 0 Å². The number of nitrogens with zero attached hydrogens (tertiary/aromatic N) is 1. The average molecular weight is 429 g/mol. The molecule has 0 saturated carbocycles. The van der Waals surface area contributed by atoms with Gasteiger partial charge in [-0.2, -0.15) is 13.2 Å². The first-order valence-corrected chi connectivity index (χ1v) is 8.81. The van der Waals surface area contributed by atoms with Gasteiger partial charge in [-0.1, -0.05) is 15.9 Å². The number of aromatic hydroxyl groups is 1. The fourth-order valence-corrected chi connectivity index (χ4v) is 3.29. The number of benzene rings is 2. The minimum atomic E-state index is -4.51. The van der Waals surface area contributed by atoms with Crippen LogP contribution in [-0.4, -0.2) is 24.1 Å². The molecule has 2 aromatic rings. The van der Waals surface area contributed by atoms with Crippen LogP contribution < -0.4 is 10.2 Å². The van der Waals surface area contributed by atoms with E-state index >= 15 is 0 Å². The van der Waals surface area contributed by atoms with Gasteiger partial charge in [-0.15, -0.1) is 0 Å². The third kappa shape index (κ3) is 3.95. The van der Waals surface area contributed by atoms with Gasteiger partial charge in [0.15, 0.2) is 0 Å². The zero-order valence-corrected chi connectivity index (χ0v) is 15.2. The van der Waals surface area contributed by atoms with E-state index in [1.807, 2.05) is 4.90 Å². The zero-order chi connectivity index (χ0) is 18.9. The Morgan fingerprint density at radius 1 is 1.12 bits per heavy atom. The standard InChI is InChI=1S/C18H16BrF3N2O2/c19-12-4-6-16(25)13(10-12)17(26)23-14-9-11(18(20,21)22)3-5-15(14)24-7-1-2-8-24/h3-6,9-10,25H,1-2,7-8H2,(H,23,26). The van der Waals surface area contributed by atoms with E-state index in [0.29, 0.717) is 10.2 Å². The number of amides is 1. The molecule has 0 radical (unpaired) electrons. The van der Waals surface area contributed by atoms with Crippen LogP contribution in [0.2, 0.25) is 0 Å². The van der Waals surface area contributed by atoms with Crippen LogP contribution >= 0.6 is 15.9 Å². The fraction of sp³-hybridized carbons (Fsp3) is 0.278. The van der Waals surface area contributed by atoms with Crippen molar-refractivity contribution < 1.29 is 23.1 Å². The number of phenols is 1. The summed E-state index contributed by atoms with van der Waals surface area (Å²) >= 11 is 3.21. The number of anilines is 2. The summed E-state index contributed by atoms with van der Waals surface area (Å²) in [5.41, 5.74) is -0.247. The maximum atomic E-state index is 13.1. The van der Waals surface area contributed by atoms with Crippen LogP contribution in [-0.2, 0) is 6.18 Å². The van der Waals surface area contributed by atoms with Crippen molar-refractivity contribution in [1.82, 2.24) is 0 Å². The van der Waals surface area contributed by atoms with Crippen LogP contribution in [0.1, 0.15) is 28.8 Å². The van der Waals surface area contributed by atoms with Crippen LogP contribution in [0.4, 0.5) is 24.5 Å². The summed E-state index contributed by atoms with van der Waals surface area (Å²) in [5, 5.41) is 12.4. The van der Waals surface area contributed by atoms with Gasteiger partial charge in [0.05, 0.1) is 22.5 Å². The lowest BCUT2D eigenvalue weighted by Gasteiger charge is -2.23. The molecule has 2 N–H and O–H groups in total. The molecule has 2 aromatic carbocycles. The Morgan fingerprint density at radius 2 is 1.81 bits per heavy atom. The molecule has 1 heterocycles. The Labute approximate surface area is 156 Å². The predicted molar refractivity (Wildman–Crippen MR) is 96.7 cm³/mol. The maximum Gasteiger partial charge on any atom is 0.416 e. The Bertz CT molecular complexity index is 834. The van der Waals surface area contributed by atoms with Crippen LogP contribution in [0, 0.1) is 0 Å². The van der Waals surface area contributed by atoms with Crippen molar-refractivity contribution in [1.29, 1.82) is 0 Å². The Kier molecular flexibility index (Phi) is 5.13. The van der Waals surface area contributed by atoms with Gasteiger partial charge >= 0.3 is 6.18 Å². The third-order valence-electron chi connectivity index (χ3n) is 4.22. The van der Waals surface area contributed by atoms with E-state index in [1.54, 1.807) is 6.07 Å². The van der Waals surface area contributed by atoms with Crippen molar-refractivity contribution in [3.8, 4) is 5.75 Å². The van der Waals surface area contributed by atoms with E-state index in [9.17, 15) is 23.1 Å². The number of halogens is 4. The lowest BCUT2D eigenvalue weighted by atomic mass is 10.1. The highest BCUT2D eigenvalue weighted by Crippen LogP contribution is 2.37. The molecule has 4 nitrogen and oxygen atoms in total. The highest BCUT2D eigenvalue weighted by molar-refractivity contribution is 9.10. The van der Waals surface area contributed by atoms with Crippen molar-refractivity contribution in [3.05, 3.63) is 52.0 Å². The first kappa shape index (κ1) is 18.6. The number of phenolic OH excluding ortho intramolecular Hbond substituents is 1. The van der Waals surface area contributed by atoms with E-state index in [4.69, 9.17) is 0 Å². The summed E-state index contributed by atoms with van der Waals surface area (Å²) in [6, 6.07) is 7.64. The van der Waals surface area contributed by atoms with E-state index < -0.39 is 17.6 Å². The molecule has 0 bridgehead atoms. The molecule has 1 fully saturated rings. The van der Waals surface area contributed by atoms with Crippen molar-refractivity contribution in [2.24, 2.45) is 0 Å². The minimum Gasteiger partial charge on any atom is -0.507 e. The van der Waals surface area contributed by atoms with E-state index in [0.717, 1.165) is 38.1 Å². The molecule has 0 unspecified atom stereocenters. The number of carbonyl (C=O) groups is 1. The summed E-state index contributed by atoms with van der Waals surface area (Å²) in [5.74, 6) is -0.927. The molecule has 1 saturated heterocycles. The van der Waals surface area contributed by atoms with E-state index in [1.165, 1.54) is 18.2 Å². The second-order valence-electron chi connectivity index (χ2n) is 6.04. The second-order valence-corrected chi connectivity index (χ2v) is 6.96. The molecule has 138 valence electrons. The minimum absolute atomic E-state index is 0.0239. The lowest BCUT2D eigenvalue weighted by molar-refractivity contribution is -0.137. The summed E-state index contributed by atoms with van der Waals surface area (Å²) in [4.78, 5) is 14.5. The molecule has 0 aromatic heterocycles. The normalized spacial score (nSPS) is 14.5. The van der Waals surface area contributed by atoms with Crippen LogP contribution in [0.25, 0.3) is 0 Å². The maximum absolute atomic E-state index is 13.1. The molecule has 1 amide bonds. The van der Waals surface area contributed by atoms with Gasteiger partial charge in [-0.05, 0) is 49.2 Å². The summed E-state index contributed by atoms with van der Waals surface area (Å²) in [7, 11) is 0. The molecule has 3 rings (SSSR count). The first-order valence-electron chi connectivity index (χ1n) is 8.02. The number of carbonyl (C=O) groups excluding carboxylic acids is 1. The zero-order valence-electron chi connectivity index (χ0n) is 13.6. The first-order chi connectivity index (χ1) is 12.3. The highest BCUT2D eigenvalue weighted by atomic mass is 79.9. The number of alkyl halides is 3. The molecule has 1 aliphatic rings. The third-order valence-corrected chi connectivity index (χ3v) is 4.72. The number of rotatable bonds is 3. The molecule has 26 heavy (non-hydrogen) atoms. The number of hydrogen-bond donors (Lipinski definition) is 2. The van der Waals surface area contributed by atoms with Crippen molar-refractivity contribution >= 4 is 33.2 Å². The lowest BCUT2D eigenvalue weighted by Crippen LogP contribution is -2.22. The van der Waals surface area contributed by atoms with Gasteiger partial charge in [0.1, 0.15) is 5.75 Å². The Morgan fingerprint density at radius 3 is 2.46 bits per heavy atom. The van der Waals surface area contributed by atoms with Gasteiger partial charge in [0, 0.05) is 17.6 Å². The van der Waals surface area contributed by atoms with Gasteiger partial charge in [-0.3, -0.25) is 4.79 Å². The van der Waals surface area contributed by atoms with Gasteiger partial charge in [0.2, 0.25) is 0 Å². The van der Waals surface area contributed by atoms with Crippen LogP contribution in [0.3, 0.4) is 0 Å². The van der Waals surface area contributed by atoms with E-state index in [-0.39, 0.29) is 17.0 Å². The monoisotopic (exact) mass is 428 g/mol. The molecule has 8 heteroatoms. The molecule has 0 spiro atoms. The molecule has 1 aliphatic heterocycles. The second kappa shape index (κ2) is 7.19. The van der Waals surface area contributed by atoms with Crippen molar-refractivity contribution in [2.75, 3.05) is 23.3 Å². The van der Waals surface area contributed by atoms with Gasteiger partial charge in [0.25, 0.3) is 5.91 Å². The highest BCUT2D eigenvalue weighted by Gasteiger charge is 2.32. The fourth-order valence-electron chi connectivity index (χ4n) is 2.93. The Balaban J connectivity index is 1.98. The van der Waals surface area contributed by atoms with Crippen molar-refractivity contribution in [2.45, 2.75) is 19.0 Å². The van der Waals surface area contributed by atoms with Crippen LogP contribution in [0.5, 0.6) is 5.75 Å². The average Bonchev–Trinajstić information content (AvgIpc) is 3.10. The van der Waals surface area contributed by atoms with E-state index in [2.05, 4.69) is 21.2 Å². The predicted octanol–water partition coefficient (Wildman–Crippen LogP) is 5.03.